The zero-order valence-electron chi connectivity index (χ0n) is 13.1. The third-order valence-corrected chi connectivity index (χ3v) is 5.16. The maximum absolute atomic E-state index is 12.3. The summed E-state index contributed by atoms with van der Waals surface area (Å²) >= 11 is 1.57. The molecule has 6 heteroatoms. The van der Waals surface area contributed by atoms with E-state index in [-0.39, 0.29) is 23.7 Å². The van der Waals surface area contributed by atoms with Crippen LogP contribution in [-0.2, 0) is 26.3 Å². The number of thioether (sulfide) groups is 1. The van der Waals surface area contributed by atoms with Gasteiger partial charge in [0.1, 0.15) is 0 Å². The highest BCUT2D eigenvalue weighted by Crippen LogP contribution is 2.35. The number of aliphatic imine (C=N–C) groups is 1. The number of esters is 1. The van der Waals surface area contributed by atoms with Crippen molar-refractivity contribution in [3.05, 3.63) is 35.4 Å². The summed E-state index contributed by atoms with van der Waals surface area (Å²) in [7, 11) is 0. The van der Waals surface area contributed by atoms with E-state index in [1.807, 2.05) is 24.3 Å². The molecule has 2 N–H and O–H groups in total. The minimum Gasteiger partial charge on any atom is -0.454 e. The number of hydrogen-bond acceptors (Lipinski definition) is 6. The van der Waals surface area contributed by atoms with Crippen LogP contribution in [-0.4, -0.2) is 28.8 Å². The molecule has 0 spiro atoms. The highest BCUT2D eigenvalue weighted by atomic mass is 32.2. The number of ketones is 1. The summed E-state index contributed by atoms with van der Waals surface area (Å²) in [5.74, 6) is 0.613. The Kier molecular flexibility index (Phi) is 4.43. The maximum atomic E-state index is 12.3. The molecule has 2 atom stereocenters. The zero-order valence-corrected chi connectivity index (χ0v) is 13.9. The van der Waals surface area contributed by atoms with Gasteiger partial charge in [0, 0.05) is 25.0 Å². The Balaban J connectivity index is 1.76. The number of Topliss-reactive ketones (excluding diaryl/α,β-unsaturated/α-hetero) is 1. The second-order valence-corrected chi connectivity index (χ2v) is 7.30. The molecular weight excluding hydrogens is 312 g/mol. The third kappa shape index (κ3) is 3.58. The molecule has 3 rings (SSSR count). The van der Waals surface area contributed by atoms with Gasteiger partial charge in [-0.3, -0.25) is 14.6 Å². The lowest BCUT2D eigenvalue weighted by Gasteiger charge is -2.30. The summed E-state index contributed by atoms with van der Waals surface area (Å²) in [4.78, 5) is 28.0. The van der Waals surface area contributed by atoms with Crippen molar-refractivity contribution in [1.29, 1.82) is 0 Å². The standard InChI is InChI=1S/C17H20N2O3S/c1-17(7-8-23-16(18)19-17)12-4-2-3-11(9-12)10-13(20)14-5-6-15(21)22-14/h2-4,9,14H,5-8,10H2,1H3,(H2,18,19)/t14-,17+/m1/s1. The van der Waals surface area contributed by atoms with Crippen molar-refractivity contribution >= 4 is 28.7 Å². The molecule has 23 heavy (non-hydrogen) atoms. The van der Waals surface area contributed by atoms with Gasteiger partial charge in [-0.05, 0) is 24.5 Å². The smallest absolute Gasteiger partial charge is 0.306 e. The van der Waals surface area contributed by atoms with Gasteiger partial charge in [0.2, 0.25) is 0 Å². The fourth-order valence-electron chi connectivity index (χ4n) is 2.98. The van der Waals surface area contributed by atoms with Crippen LogP contribution in [0.1, 0.15) is 37.3 Å². The van der Waals surface area contributed by atoms with Crippen LogP contribution in [0.25, 0.3) is 0 Å². The number of benzene rings is 1. The van der Waals surface area contributed by atoms with E-state index in [1.54, 1.807) is 11.8 Å². The lowest BCUT2D eigenvalue weighted by molar-refractivity contribution is -0.147. The monoisotopic (exact) mass is 332 g/mol. The molecule has 2 aliphatic heterocycles. The van der Waals surface area contributed by atoms with Crippen molar-refractivity contribution in [3.63, 3.8) is 0 Å². The predicted molar refractivity (Wildman–Crippen MR) is 90.3 cm³/mol. The number of hydrogen-bond donors (Lipinski definition) is 1. The highest BCUT2D eigenvalue weighted by Gasteiger charge is 2.31. The van der Waals surface area contributed by atoms with E-state index in [0.717, 1.165) is 23.3 Å². The minimum absolute atomic E-state index is 0.0413. The van der Waals surface area contributed by atoms with Crippen LogP contribution in [0.15, 0.2) is 29.3 Å². The summed E-state index contributed by atoms with van der Waals surface area (Å²) in [6.07, 6.45) is 1.43. The number of amidine groups is 1. The lowest BCUT2D eigenvalue weighted by Crippen LogP contribution is -2.29. The van der Waals surface area contributed by atoms with E-state index in [4.69, 9.17) is 10.5 Å². The van der Waals surface area contributed by atoms with Crippen molar-refractivity contribution in [3.8, 4) is 0 Å². The molecule has 1 saturated heterocycles. The van der Waals surface area contributed by atoms with Gasteiger partial charge in [-0.1, -0.05) is 36.0 Å². The molecule has 0 unspecified atom stereocenters. The van der Waals surface area contributed by atoms with Gasteiger partial charge in [-0.25, -0.2) is 0 Å². The van der Waals surface area contributed by atoms with Gasteiger partial charge < -0.3 is 10.5 Å². The van der Waals surface area contributed by atoms with Crippen LogP contribution in [0.4, 0.5) is 0 Å². The molecule has 0 radical (unpaired) electrons. The number of rotatable bonds is 4. The molecule has 0 saturated carbocycles. The van der Waals surface area contributed by atoms with Crippen LogP contribution in [0, 0.1) is 0 Å². The van der Waals surface area contributed by atoms with E-state index >= 15 is 0 Å². The highest BCUT2D eigenvalue weighted by molar-refractivity contribution is 8.13. The quantitative estimate of drug-likeness (QED) is 0.855. The first-order chi connectivity index (χ1) is 11.0. The predicted octanol–water partition coefficient (Wildman–Crippen LogP) is 2.17. The van der Waals surface area contributed by atoms with E-state index < -0.39 is 6.10 Å². The molecule has 122 valence electrons. The Labute approximate surface area is 139 Å². The minimum atomic E-state index is -0.582. The van der Waals surface area contributed by atoms with Crippen LogP contribution in [0.3, 0.4) is 0 Å². The largest absolute Gasteiger partial charge is 0.454 e. The van der Waals surface area contributed by atoms with Crippen LogP contribution in [0.2, 0.25) is 0 Å². The number of carbonyl (C=O) groups excluding carboxylic acids is 2. The number of cyclic esters (lactones) is 1. The Morgan fingerprint density at radius 2 is 2.35 bits per heavy atom. The fraction of sp³-hybridized carbons (Fsp3) is 0.471. The summed E-state index contributed by atoms with van der Waals surface area (Å²) < 4.78 is 5.05. The van der Waals surface area contributed by atoms with Crippen LogP contribution in [0.5, 0.6) is 0 Å². The molecule has 5 nitrogen and oxygen atoms in total. The average Bonchev–Trinajstić information content (AvgIpc) is 2.94. The summed E-state index contributed by atoms with van der Waals surface area (Å²) in [5, 5.41) is 0.609. The topological polar surface area (TPSA) is 81.8 Å². The molecule has 2 heterocycles. The van der Waals surface area contributed by atoms with Crippen LogP contribution < -0.4 is 5.73 Å². The van der Waals surface area contributed by atoms with Gasteiger partial charge in [0.25, 0.3) is 0 Å². The van der Waals surface area contributed by atoms with Gasteiger partial charge >= 0.3 is 5.97 Å². The Hall–Kier alpha value is -1.82. The third-order valence-electron chi connectivity index (χ3n) is 4.37. The van der Waals surface area contributed by atoms with E-state index in [2.05, 4.69) is 11.9 Å². The molecular formula is C17H20N2O3S. The number of nitrogens with two attached hydrogens (primary N) is 1. The number of carbonyl (C=O) groups is 2. The van der Waals surface area contributed by atoms with Crippen molar-refractivity contribution in [2.24, 2.45) is 10.7 Å². The van der Waals surface area contributed by atoms with Crippen molar-refractivity contribution in [1.82, 2.24) is 0 Å². The first-order valence-electron chi connectivity index (χ1n) is 7.76. The average molecular weight is 332 g/mol. The summed E-state index contributed by atoms with van der Waals surface area (Å²) in [5.41, 5.74) is 7.52. The van der Waals surface area contributed by atoms with Gasteiger partial charge in [0.15, 0.2) is 17.1 Å². The molecule has 1 fully saturated rings. The summed E-state index contributed by atoms with van der Waals surface area (Å²) in [6, 6.07) is 7.90. The SMILES string of the molecule is C[C@@]1(c2cccc(CC(=O)[C@H]3CCC(=O)O3)c2)CCSC(N)=N1. The molecule has 0 aromatic heterocycles. The molecule has 1 aromatic carbocycles. The Morgan fingerprint density at radius 1 is 1.52 bits per heavy atom. The Morgan fingerprint density at radius 3 is 3.04 bits per heavy atom. The van der Waals surface area contributed by atoms with Crippen molar-refractivity contribution < 1.29 is 14.3 Å². The van der Waals surface area contributed by atoms with Crippen molar-refractivity contribution in [2.45, 2.75) is 44.2 Å². The molecule has 1 aromatic rings. The fourth-order valence-corrected chi connectivity index (χ4v) is 3.95. The molecule has 2 aliphatic rings. The molecule has 0 aliphatic carbocycles. The zero-order chi connectivity index (χ0) is 16.4. The normalized spacial score (nSPS) is 27.4. The first kappa shape index (κ1) is 16.1. The van der Waals surface area contributed by atoms with E-state index in [9.17, 15) is 9.59 Å². The number of ether oxygens (including phenoxy) is 1. The summed E-state index contributed by atoms with van der Waals surface area (Å²) in [6.45, 7) is 2.07. The first-order valence-corrected chi connectivity index (χ1v) is 8.74. The van der Waals surface area contributed by atoms with Gasteiger partial charge in [-0.15, -0.1) is 0 Å². The van der Waals surface area contributed by atoms with Crippen LogP contribution >= 0.6 is 11.8 Å². The van der Waals surface area contributed by atoms with E-state index in [0.29, 0.717) is 18.0 Å². The van der Waals surface area contributed by atoms with Gasteiger partial charge in [-0.2, -0.15) is 0 Å². The lowest BCUT2D eigenvalue weighted by atomic mass is 9.88. The molecule has 0 amide bonds. The Bertz CT molecular complexity index is 674. The molecule has 0 bridgehead atoms. The maximum Gasteiger partial charge on any atom is 0.306 e. The number of nitrogens with zero attached hydrogens (tertiary/aromatic N) is 1. The second kappa shape index (κ2) is 6.35. The van der Waals surface area contributed by atoms with Gasteiger partial charge in [0.05, 0.1) is 5.54 Å². The van der Waals surface area contributed by atoms with Crippen molar-refractivity contribution in [2.75, 3.05) is 5.75 Å². The van der Waals surface area contributed by atoms with E-state index in [1.165, 1.54) is 0 Å². The second-order valence-electron chi connectivity index (χ2n) is 6.18.